The fourth-order valence-corrected chi connectivity index (χ4v) is 2.75. The van der Waals surface area contributed by atoms with Gasteiger partial charge < -0.3 is 9.88 Å². The Labute approximate surface area is 126 Å². The average Bonchev–Trinajstić information content (AvgIpc) is 2.82. The molecule has 5 nitrogen and oxygen atoms in total. The SMILES string of the molecule is CCSc1cc(Cl)ccc1C(=O)NCc1nncn1C. The third kappa shape index (κ3) is 3.52. The second-order valence-electron chi connectivity index (χ2n) is 4.11. The second kappa shape index (κ2) is 6.76. The Bertz CT molecular complexity index is 614. The lowest BCUT2D eigenvalue weighted by Crippen LogP contribution is -2.25. The van der Waals surface area contributed by atoms with E-state index in [0.717, 1.165) is 10.6 Å². The molecule has 0 aliphatic rings. The molecular formula is C13H15ClN4OS. The van der Waals surface area contributed by atoms with Crippen molar-refractivity contribution in [2.45, 2.75) is 18.4 Å². The first-order chi connectivity index (χ1) is 9.61. The molecule has 0 saturated heterocycles. The van der Waals surface area contributed by atoms with Crippen molar-refractivity contribution in [3.05, 3.63) is 40.9 Å². The summed E-state index contributed by atoms with van der Waals surface area (Å²) < 4.78 is 1.77. The molecule has 0 unspecified atom stereocenters. The molecule has 0 radical (unpaired) electrons. The Morgan fingerprint density at radius 3 is 2.95 bits per heavy atom. The van der Waals surface area contributed by atoms with Crippen LogP contribution in [0.1, 0.15) is 23.1 Å². The Kier molecular flexibility index (Phi) is 5.03. The van der Waals surface area contributed by atoms with E-state index in [9.17, 15) is 4.79 Å². The lowest BCUT2D eigenvalue weighted by molar-refractivity contribution is 0.0946. The van der Waals surface area contributed by atoms with Crippen LogP contribution in [0.2, 0.25) is 5.02 Å². The van der Waals surface area contributed by atoms with Gasteiger partial charge in [0.15, 0.2) is 5.82 Å². The molecule has 0 atom stereocenters. The maximum Gasteiger partial charge on any atom is 0.252 e. The fraction of sp³-hybridized carbons (Fsp3) is 0.308. The number of rotatable bonds is 5. The first kappa shape index (κ1) is 14.9. The highest BCUT2D eigenvalue weighted by atomic mass is 35.5. The van der Waals surface area contributed by atoms with Crippen LogP contribution in [-0.4, -0.2) is 26.4 Å². The van der Waals surface area contributed by atoms with Gasteiger partial charge in [-0.25, -0.2) is 0 Å². The van der Waals surface area contributed by atoms with Gasteiger partial charge in [0.05, 0.1) is 12.1 Å². The summed E-state index contributed by atoms with van der Waals surface area (Å²) in [7, 11) is 1.84. The van der Waals surface area contributed by atoms with Crippen molar-refractivity contribution in [2.24, 2.45) is 7.05 Å². The highest BCUT2D eigenvalue weighted by molar-refractivity contribution is 7.99. The minimum atomic E-state index is -0.138. The van der Waals surface area contributed by atoms with Gasteiger partial charge in [0, 0.05) is 17.0 Å². The van der Waals surface area contributed by atoms with Crippen molar-refractivity contribution in [3.63, 3.8) is 0 Å². The van der Waals surface area contributed by atoms with Crippen molar-refractivity contribution in [2.75, 3.05) is 5.75 Å². The highest BCUT2D eigenvalue weighted by Gasteiger charge is 2.12. The number of halogens is 1. The van der Waals surface area contributed by atoms with Crippen molar-refractivity contribution in [3.8, 4) is 0 Å². The van der Waals surface area contributed by atoms with Crippen LogP contribution >= 0.6 is 23.4 Å². The van der Waals surface area contributed by atoms with Crippen molar-refractivity contribution >= 4 is 29.3 Å². The maximum atomic E-state index is 12.2. The Hall–Kier alpha value is -1.53. The fourth-order valence-electron chi connectivity index (χ4n) is 1.68. The van der Waals surface area contributed by atoms with Gasteiger partial charge in [0.2, 0.25) is 0 Å². The van der Waals surface area contributed by atoms with Crippen LogP contribution in [0.15, 0.2) is 29.4 Å². The first-order valence-corrected chi connectivity index (χ1v) is 7.51. The van der Waals surface area contributed by atoms with Gasteiger partial charge in [-0.05, 0) is 24.0 Å². The van der Waals surface area contributed by atoms with E-state index in [0.29, 0.717) is 23.0 Å². The first-order valence-electron chi connectivity index (χ1n) is 6.15. The molecule has 1 N–H and O–H groups in total. The van der Waals surface area contributed by atoms with Gasteiger partial charge in [-0.15, -0.1) is 22.0 Å². The number of carbonyl (C=O) groups is 1. The number of aryl methyl sites for hydroxylation is 1. The molecule has 20 heavy (non-hydrogen) atoms. The summed E-state index contributed by atoms with van der Waals surface area (Å²) in [6.07, 6.45) is 1.60. The summed E-state index contributed by atoms with van der Waals surface area (Å²) in [4.78, 5) is 13.1. The summed E-state index contributed by atoms with van der Waals surface area (Å²) in [6, 6.07) is 5.28. The van der Waals surface area contributed by atoms with Gasteiger partial charge in [0.1, 0.15) is 6.33 Å². The van der Waals surface area contributed by atoms with Crippen molar-refractivity contribution in [1.82, 2.24) is 20.1 Å². The van der Waals surface area contributed by atoms with E-state index in [1.165, 1.54) is 0 Å². The minimum Gasteiger partial charge on any atom is -0.345 e. The molecular weight excluding hydrogens is 296 g/mol. The third-order valence-corrected chi connectivity index (χ3v) is 3.87. The predicted molar refractivity (Wildman–Crippen MR) is 80.0 cm³/mol. The Morgan fingerprint density at radius 1 is 1.50 bits per heavy atom. The summed E-state index contributed by atoms with van der Waals surface area (Å²) in [5, 5.41) is 11.2. The standard InChI is InChI=1S/C13H15ClN4OS/c1-3-20-11-6-9(14)4-5-10(11)13(19)15-7-12-17-16-8-18(12)2/h4-6,8H,3,7H2,1-2H3,(H,15,19). The summed E-state index contributed by atoms with van der Waals surface area (Å²) in [5.41, 5.74) is 0.628. The zero-order chi connectivity index (χ0) is 14.5. The van der Waals surface area contributed by atoms with Gasteiger partial charge in [-0.2, -0.15) is 0 Å². The molecule has 1 amide bonds. The van der Waals surface area contributed by atoms with Crippen molar-refractivity contribution in [1.29, 1.82) is 0 Å². The second-order valence-corrected chi connectivity index (χ2v) is 5.86. The maximum absolute atomic E-state index is 12.2. The molecule has 0 bridgehead atoms. The van der Waals surface area contributed by atoms with Gasteiger partial charge in [-0.3, -0.25) is 4.79 Å². The molecule has 2 rings (SSSR count). The molecule has 106 valence electrons. The zero-order valence-corrected chi connectivity index (χ0v) is 12.8. The van der Waals surface area contributed by atoms with Crippen LogP contribution < -0.4 is 5.32 Å². The third-order valence-electron chi connectivity index (χ3n) is 2.70. The lowest BCUT2D eigenvalue weighted by Gasteiger charge is -2.09. The van der Waals surface area contributed by atoms with E-state index in [1.54, 1.807) is 34.8 Å². The van der Waals surface area contributed by atoms with Crippen LogP contribution in [0.3, 0.4) is 0 Å². The van der Waals surface area contributed by atoms with E-state index in [1.807, 2.05) is 20.0 Å². The molecule has 0 fully saturated rings. The number of hydrogen-bond acceptors (Lipinski definition) is 4. The van der Waals surface area contributed by atoms with Crippen LogP contribution in [0.25, 0.3) is 0 Å². The summed E-state index contributed by atoms with van der Waals surface area (Å²) in [5.74, 6) is 1.45. The van der Waals surface area contributed by atoms with Crippen LogP contribution in [0.4, 0.5) is 0 Å². The van der Waals surface area contributed by atoms with E-state index in [4.69, 9.17) is 11.6 Å². The zero-order valence-electron chi connectivity index (χ0n) is 11.3. The molecule has 7 heteroatoms. The van der Waals surface area contributed by atoms with Crippen LogP contribution in [0, 0.1) is 0 Å². The summed E-state index contributed by atoms with van der Waals surface area (Å²) >= 11 is 7.56. The number of nitrogens with one attached hydrogen (secondary N) is 1. The predicted octanol–water partition coefficient (Wildman–Crippen LogP) is 2.51. The Morgan fingerprint density at radius 2 is 2.30 bits per heavy atom. The summed E-state index contributed by atoms with van der Waals surface area (Å²) in [6.45, 7) is 2.38. The molecule has 2 aromatic rings. The number of benzene rings is 1. The number of hydrogen-bond donors (Lipinski definition) is 1. The molecule has 0 spiro atoms. The normalized spacial score (nSPS) is 10.6. The van der Waals surface area contributed by atoms with E-state index in [-0.39, 0.29) is 5.91 Å². The number of nitrogens with zero attached hydrogens (tertiary/aromatic N) is 3. The van der Waals surface area contributed by atoms with E-state index >= 15 is 0 Å². The number of thioether (sulfide) groups is 1. The molecule has 1 aromatic heterocycles. The van der Waals surface area contributed by atoms with Crippen molar-refractivity contribution < 1.29 is 4.79 Å². The van der Waals surface area contributed by atoms with Gasteiger partial charge in [-0.1, -0.05) is 18.5 Å². The molecule has 0 saturated carbocycles. The average molecular weight is 311 g/mol. The minimum absolute atomic E-state index is 0.138. The largest absolute Gasteiger partial charge is 0.345 e. The Balaban J connectivity index is 2.11. The molecule has 0 aliphatic heterocycles. The number of carbonyl (C=O) groups excluding carboxylic acids is 1. The van der Waals surface area contributed by atoms with Crippen LogP contribution in [-0.2, 0) is 13.6 Å². The highest BCUT2D eigenvalue weighted by Crippen LogP contribution is 2.26. The van der Waals surface area contributed by atoms with E-state index < -0.39 is 0 Å². The van der Waals surface area contributed by atoms with Crippen LogP contribution in [0.5, 0.6) is 0 Å². The number of amides is 1. The van der Waals surface area contributed by atoms with E-state index in [2.05, 4.69) is 15.5 Å². The molecule has 0 aliphatic carbocycles. The topological polar surface area (TPSA) is 59.8 Å². The number of aromatic nitrogens is 3. The van der Waals surface area contributed by atoms with Gasteiger partial charge in [0.25, 0.3) is 5.91 Å². The van der Waals surface area contributed by atoms with Gasteiger partial charge >= 0.3 is 0 Å². The molecule has 1 heterocycles. The lowest BCUT2D eigenvalue weighted by atomic mass is 10.2. The smallest absolute Gasteiger partial charge is 0.252 e. The molecule has 1 aromatic carbocycles. The quantitative estimate of drug-likeness (QED) is 0.862. The monoisotopic (exact) mass is 310 g/mol.